The molecule has 0 bridgehead atoms. The number of ether oxygens (including phenoxy) is 1. The van der Waals surface area contributed by atoms with E-state index in [9.17, 15) is 9.90 Å². The van der Waals surface area contributed by atoms with Gasteiger partial charge in [-0.15, -0.1) is 11.3 Å². The van der Waals surface area contributed by atoms with Gasteiger partial charge in [0.1, 0.15) is 0 Å². The second-order valence-corrected chi connectivity index (χ2v) is 3.78. The Hall–Kier alpha value is -0.870. The monoisotopic (exact) mass is 200 g/mol. The Morgan fingerprint density at radius 1 is 1.69 bits per heavy atom. The number of rotatable bonds is 3. The van der Waals surface area contributed by atoms with Gasteiger partial charge in [-0.2, -0.15) is 0 Å². The van der Waals surface area contributed by atoms with E-state index < -0.39 is 12.1 Å². The fourth-order valence-electron chi connectivity index (χ4n) is 0.959. The molecule has 0 aromatic carbocycles. The van der Waals surface area contributed by atoms with Crippen LogP contribution in [-0.4, -0.2) is 18.2 Å². The van der Waals surface area contributed by atoms with Crippen LogP contribution in [0.1, 0.15) is 22.8 Å². The van der Waals surface area contributed by atoms with Crippen LogP contribution in [0, 0.1) is 0 Å². The van der Waals surface area contributed by atoms with Crippen molar-refractivity contribution < 1.29 is 14.6 Å². The maximum absolute atomic E-state index is 10.9. The number of aryl methyl sites for hydroxylation is 1. The highest BCUT2D eigenvalue weighted by Gasteiger charge is 2.19. The van der Waals surface area contributed by atoms with Crippen LogP contribution in [0.4, 0.5) is 0 Å². The summed E-state index contributed by atoms with van der Waals surface area (Å²) in [6.07, 6.45) is -0.214. The number of aliphatic hydroxyl groups is 1. The third kappa shape index (κ3) is 2.29. The van der Waals surface area contributed by atoms with Crippen LogP contribution in [0.25, 0.3) is 0 Å². The zero-order valence-electron chi connectivity index (χ0n) is 7.61. The van der Waals surface area contributed by atoms with Crippen LogP contribution in [0.15, 0.2) is 12.1 Å². The number of carbonyl (C=O) groups is 1. The Labute approximate surface area is 81.0 Å². The summed E-state index contributed by atoms with van der Waals surface area (Å²) in [4.78, 5) is 12.7. The van der Waals surface area contributed by atoms with Crippen molar-refractivity contribution in [3.05, 3.63) is 21.9 Å². The zero-order chi connectivity index (χ0) is 9.84. The molecular weight excluding hydrogens is 188 g/mol. The molecule has 1 atom stereocenters. The van der Waals surface area contributed by atoms with E-state index in [1.165, 1.54) is 18.4 Å². The molecule has 0 amide bonds. The molecule has 1 N–H and O–H groups in total. The lowest BCUT2D eigenvalue weighted by atomic mass is 10.3. The summed E-state index contributed by atoms with van der Waals surface area (Å²) in [5.74, 6) is -0.607. The van der Waals surface area contributed by atoms with Gasteiger partial charge in [-0.3, -0.25) is 0 Å². The highest BCUT2D eigenvalue weighted by Crippen LogP contribution is 2.24. The fourth-order valence-corrected chi connectivity index (χ4v) is 1.89. The van der Waals surface area contributed by atoms with E-state index in [1.807, 2.05) is 13.0 Å². The van der Waals surface area contributed by atoms with Crippen molar-refractivity contribution in [3.8, 4) is 0 Å². The maximum atomic E-state index is 10.9. The van der Waals surface area contributed by atoms with Gasteiger partial charge in [0.2, 0.25) is 0 Å². The SMILES string of the molecule is CCc1ccc(C(O)C(=O)OC)s1. The number of esters is 1. The first kappa shape index (κ1) is 10.2. The van der Waals surface area contributed by atoms with Gasteiger partial charge in [-0.25, -0.2) is 4.79 Å². The first-order chi connectivity index (χ1) is 6.19. The molecule has 4 heteroatoms. The first-order valence-electron chi connectivity index (χ1n) is 4.03. The standard InChI is InChI=1S/C9H12O3S/c1-3-6-4-5-7(13-6)8(10)9(11)12-2/h4-5,8,10H,3H2,1-2H3. The Morgan fingerprint density at radius 3 is 2.85 bits per heavy atom. The Balaban J connectivity index is 2.76. The summed E-state index contributed by atoms with van der Waals surface area (Å²) in [6.45, 7) is 2.03. The molecule has 0 radical (unpaired) electrons. The minimum atomic E-state index is -1.13. The Bertz CT molecular complexity index is 293. The van der Waals surface area contributed by atoms with Gasteiger partial charge in [-0.05, 0) is 18.6 Å². The van der Waals surface area contributed by atoms with Gasteiger partial charge in [0, 0.05) is 9.75 Å². The smallest absolute Gasteiger partial charge is 0.340 e. The van der Waals surface area contributed by atoms with Crippen LogP contribution in [0.3, 0.4) is 0 Å². The van der Waals surface area contributed by atoms with Gasteiger partial charge in [0.15, 0.2) is 6.10 Å². The summed E-state index contributed by atoms with van der Waals surface area (Å²) in [7, 11) is 1.26. The van der Waals surface area contributed by atoms with Gasteiger partial charge < -0.3 is 9.84 Å². The quantitative estimate of drug-likeness (QED) is 0.752. The third-order valence-corrected chi connectivity index (χ3v) is 3.01. The van der Waals surface area contributed by atoms with Crippen molar-refractivity contribution in [2.75, 3.05) is 7.11 Å². The van der Waals surface area contributed by atoms with Crippen LogP contribution in [0.2, 0.25) is 0 Å². The number of thiophene rings is 1. The molecule has 1 unspecified atom stereocenters. The largest absolute Gasteiger partial charge is 0.467 e. The van der Waals surface area contributed by atoms with Crippen LogP contribution >= 0.6 is 11.3 Å². The molecule has 0 aliphatic heterocycles. The van der Waals surface area contributed by atoms with E-state index in [4.69, 9.17) is 0 Å². The summed E-state index contributed by atoms with van der Waals surface area (Å²) in [5.41, 5.74) is 0. The van der Waals surface area contributed by atoms with Crippen LogP contribution < -0.4 is 0 Å². The van der Waals surface area contributed by atoms with Crippen molar-refractivity contribution in [2.45, 2.75) is 19.4 Å². The molecule has 0 aliphatic carbocycles. The van der Waals surface area contributed by atoms with Crippen molar-refractivity contribution in [2.24, 2.45) is 0 Å². The van der Waals surface area contributed by atoms with Gasteiger partial charge in [0.05, 0.1) is 7.11 Å². The minimum Gasteiger partial charge on any atom is -0.467 e. The highest BCUT2D eigenvalue weighted by molar-refractivity contribution is 7.12. The third-order valence-electron chi connectivity index (χ3n) is 1.72. The normalized spacial score (nSPS) is 12.5. The molecule has 0 fully saturated rings. The van der Waals surface area contributed by atoms with Crippen molar-refractivity contribution in [1.82, 2.24) is 0 Å². The number of methoxy groups -OCH3 is 1. The molecule has 1 aromatic rings. The minimum absolute atomic E-state index is 0.607. The average Bonchev–Trinajstić information content (AvgIpc) is 2.63. The molecule has 3 nitrogen and oxygen atoms in total. The second kappa shape index (κ2) is 4.39. The predicted molar refractivity (Wildman–Crippen MR) is 50.7 cm³/mol. The lowest BCUT2D eigenvalue weighted by Crippen LogP contribution is -2.11. The van der Waals surface area contributed by atoms with E-state index in [-0.39, 0.29) is 0 Å². The molecular formula is C9H12O3S. The lowest BCUT2D eigenvalue weighted by molar-refractivity contribution is -0.150. The summed E-state index contributed by atoms with van der Waals surface area (Å²) in [5, 5.41) is 9.43. The second-order valence-electron chi connectivity index (χ2n) is 2.58. The van der Waals surface area contributed by atoms with Gasteiger partial charge >= 0.3 is 5.97 Å². The number of aliphatic hydroxyl groups excluding tert-OH is 1. The molecule has 1 aromatic heterocycles. The van der Waals surface area contributed by atoms with E-state index in [0.717, 1.165) is 11.3 Å². The zero-order valence-corrected chi connectivity index (χ0v) is 8.43. The summed E-state index contributed by atoms with van der Waals surface area (Å²) in [6, 6.07) is 3.66. The number of carbonyl (C=O) groups excluding carboxylic acids is 1. The molecule has 1 heterocycles. The molecule has 0 aliphatic rings. The molecule has 1 rings (SSSR count). The average molecular weight is 200 g/mol. The first-order valence-corrected chi connectivity index (χ1v) is 4.85. The molecule has 13 heavy (non-hydrogen) atoms. The van der Waals surface area contributed by atoms with Crippen LogP contribution in [-0.2, 0) is 16.0 Å². The number of hydrogen-bond donors (Lipinski definition) is 1. The molecule has 0 spiro atoms. The van der Waals surface area contributed by atoms with E-state index >= 15 is 0 Å². The predicted octanol–water partition coefficient (Wildman–Crippen LogP) is 1.52. The van der Waals surface area contributed by atoms with Crippen molar-refractivity contribution in [3.63, 3.8) is 0 Å². The topological polar surface area (TPSA) is 46.5 Å². The van der Waals surface area contributed by atoms with E-state index in [1.54, 1.807) is 6.07 Å². The van der Waals surface area contributed by atoms with Crippen molar-refractivity contribution in [1.29, 1.82) is 0 Å². The summed E-state index contributed by atoms with van der Waals surface area (Å²) >= 11 is 1.43. The van der Waals surface area contributed by atoms with Gasteiger partial charge in [0.25, 0.3) is 0 Å². The lowest BCUT2D eigenvalue weighted by Gasteiger charge is -2.04. The van der Waals surface area contributed by atoms with Gasteiger partial charge in [-0.1, -0.05) is 6.92 Å². The molecule has 0 saturated carbocycles. The van der Waals surface area contributed by atoms with E-state index in [0.29, 0.717) is 4.88 Å². The fraction of sp³-hybridized carbons (Fsp3) is 0.444. The number of hydrogen-bond acceptors (Lipinski definition) is 4. The molecule has 72 valence electrons. The Morgan fingerprint density at radius 2 is 2.38 bits per heavy atom. The highest BCUT2D eigenvalue weighted by atomic mass is 32.1. The van der Waals surface area contributed by atoms with Crippen LogP contribution in [0.5, 0.6) is 0 Å². The van der Waals surface area contributed by atoms with Crippen molar-refractivity contribution >= 4 is 17.3 Å². The van der Waals surface area contributed by atoms with E-state index in [2.05, 4.69) is 4.74 Å². The maximum Gasteiger partial charge on any atom is 0.340 e. The molecule has 0 saturated heterocycles. The summed E-state index contributed by atoms with van der Waals surface area (Å²) < 4.78 is 4.43. The Kier molecular flexibility index (Phi) is 3.45.